The highest BCUT2D eigenvalue weighted by Crippen LogP contribution is 2.22. The summed E-state index contributed by atoms with van der Waals surface area (Å²) >= 11 is 0. The number of rotatable bonds is 6. The van der Waals surface area contributed by atoms with E-state index in [1.165, 1.54) is 11.8 Å². The van der Waals surface area contributed by atoms with Crippen molar-refractivity contribution in [2.45, 2.75) is 27.7 Å². The Balaban J connectivity index is 1.61. The minimum Gasteiger partial charge on any atom is -0.350 e. The van der Waals surface area contributed by atoms with Crippen molar-refractivity contribution in [3.8, 4) is 0 Å². The second-order valence-electron chi connectivity index (χ2n) is 7.90. The monoisotopic (exact) mass is 416 g/mol. The third-order valence-electron chi connectivity index (χ3n) is 5.03. The molecule has 2 amide bonds. The summed E-state index contributed by atoms with van der Waals surface area (Å²) in [6.45, 7) is 8.15. The Morgan fingerprint density at radius 1 is 0.871 bits per heavy atom. The number of nitrogens with zero attached hydrogens (tertiary/aromatic N) is 2. The SMILES string of the molecule is Cc1ccc(NC(=O)c2ccc(N(C)CC(=O)Nc3c(C)cc(C)cc3C)nc2)cc1. The zero-order valence-corrected chi connectivity index (χ0v) is 18.6. The van der Waals surface area contributed by atoms with E-state index in [0.29, 0.717) is 11.4 Å². The molecule has 0 fully saturated rings. The molecule has 0 spiro atoms. The van der Waals surface area contributed by atoms with Crippen LogP contribution in [0.1, 0.15) is 32.6 Å². The van der Waals surface area contributed by atoms with E-state index in [4.69, 9.17) is 0 Å². The molecule has 0 atom stereocenters. The van der Waals surface area contributed by atoms with E-state index in [-0.39, 0.29) is 18.4 Å². The van der Waals surface area contributed by atoms with Crippen molar-refractivity contribution >= 4 is 29.0 Å². The van der Waals surface area contributed by atoms with Crippen molar-refractivity contribution in [3.63, 3.8) is 0 Å². The summed E-state index contributed by atoms with van der Waals surface area (Å²) in [6.07, 6.45) is 1.52. The van der Waals surface area contributed by atoms with Gasteiger partial charge in [0.15, 0.2) is 0 Å². The first-order chi connectivity index (χ1) is 14.7. The van der Waals surface area contributed by atoms with Gasteiger partial charge in [0.1, 0.15) is 5.82 Å². The van der Waals surface area contributed by atoms with Crippen LogP contribution in [0.3, 0.4) is 0 Å². The first-order valence-electron chi connectivity index (χ1n) is 10.2. The molecule has 0 saturated carbocycles. The van der Waals surface area contributed by atoms with Crippen LogP contribution >= 0.6 is 0 Å². The predicted molar refractivity (Wildman–Crippen MR) is 126 cm³/mol. The minimum absolute atomic E-state index is 0.124. The van der Waals surface area contributed by atoms with Crippen molar-refractivity contribution in [1.29, 1.82) is 0 Å². The highest BCUT2D eigenvalue weighted by atomic mass is 16.2. The molecule has 1 heterocycles. The van der Waals surface area contributed by atoms with Gasteiger partial charge in [-0.05, 0) is 63.1 Å². The number of amides is 2. The van der Waals surface area contributed by atoms with Crippen LogP contribution in [0.2, 0.25) is 0 Å². The van der Waals surface area contributed by atoms with Crippen molar-refractivity contribution in [2.75, 3.05) is 29.1 Å². The molecule has 1 aromatic heterocycles. The van der Waals surface area contributed by atoms with Crippen molar-refractivity contribution < 1.29 is 9.59 Å². The molecule has 31 heavy (non-hydrogen) atoms. The molecular formula is C25H28N4O2. The van der Waals surface area contributed by atoms with Gasteiger partial charge in [0.05, 0.1) is 12.1 Å². The lowest BCUT2D eigenvalue weighted by Gasteiger charge is -2.19. The zero-order valence-electron chi connectivity index (χ0n) is 18.6. The van der Waals surface area contributed by atoms with Gasteiger partial charge in [-0.2, -0.15) is 0 Å². The second kappa shape index (κ2) is 9.43. The van der Waals surface area contributed by atoms with E-state index in [0.717, 1.165) is 28.1 Å². The quantitative estimate of drug-likeness (QED) is 0.614. The van der Waals surface area contributed by atoms with Crippen molar-refractivity contribution in [2.24, 2.45) is 0 Å². The molecule has 3 aromatic rings. The van der Waals surface area contributed by atoms with Gasteiger partial charge in [-0.1, -0.05) is 35.4 Å². The van der Waals surface area contributed by atoms with Gasteiger partial charge < -0.3 is 15.5 Å². The molecule has 3 rings (SSSR count). The molecule has 0 saturated heterocycles. The Bertz CT molecular complexity index is 1070. The first-order valence-corrected chi connectivity index (χ1v) is 10.2. The summed E-state index contributed by atoms with van der Waals surface area (Å²) in [6, 6.07) is 15.1. The normalized spacial score (nSPS) is 10.5. The van der Waals surface area contributed by atoms with E-state index < -0.39 is 0 Å². The van der Waals surface area contributed by atoms with E-state index in [1.807, 2.05) is 64.1 Å². The van der Waals surface area contributed by atoms with E-state index >= 15 is 0 Å². The zero-order chi connectivity index (χ0) is 22.5. The number of nitrogens with one attached hydrogen (secondary N) is 2. The fourth-order valence-corrected chi connectivity index (χ4v) is 3.44. The molecule has 0 radical (unpaired) electrons. The smallest absolute Gasteiger partial charge is 0.257 e. The van der Waals surface area contributed by atoms with Gasteiger partial charge in [-0.15, -0.1) is 0 Å². The van der Waals surface area contributed by atoms with Crippen LogP contribution in [0.5, 0.6) is 0 Å². The second-order valence-corrected chi connectivity index (χ2v) is 7.90. The standard InChI is InChI=1S/C25H28N4O2/c1-16-6-9-21(10-7-16)27-25(31)20-8-11-22(26-14-20)29(5)15-23(30)28-24-18(3)12-17(2)13-19(24)4/h6-14H,15H2,1-5H3,(H,27,31)(H,28,30). The fourth-order valence-electron chi connectivity index (χ4n) is 3.44. The molecule has 2 N–H and O–H groups in total. The molecule has 0 aliphatic heterocycles. The van der Waals surface area contributed by atoms with Crippen LogP contribution in [0.15, 0.2) is 54.7 Å². The van der Waals surface area contributed by atoms with Crippen LogP contribution in [0.25, 0.3) is 0 Å². The summed E-state index contributed by atoms with van der Waals surface area (Å²) in [7, 11) is 1.79. The van der Waals surface area contributed by atoms with Crippen LogP contribution < -0.4 is 15.5 Å². The van der Waals surface area contributed by atoms with Crippen LogP contribution in [0.4, 0.5) is 17.2 Å². The summed E-state index contributed by atoms with van der Waals surface area (Å²) in [5.41, 5.74) is 6.40. The van der Waals surface area contributed by atoms with Gasteiger partial charge in [-0.3, -0.25) is 9.59 Å². The third kappa shape index (κ3) is 5.69. The lowest BCUT2D eigenvalue weighted by atomic mass is 10.1. The van der Waals surface area contributed by atoms with Gasteiger partial charge >= 0.3 is 0 Å². The lowest BCUT2D eigenvalue weighted by molar-refractivity contribution is -0.114. The molecule has 0 aliphatic rings. The van der Waals surface area contributed by atoms with E-state index in [1.54, 1.807) is 24.1 Å². The van der Waals surface area contributed by atoms with Gasteiger partial charge in [0.25, 0.3) is 5.91 Å². The summed E-state index contributed by atoms with van der Waals surface area (Å²) in [5, 5.41) is 5.85. The average molecular weight is 417 g/mol. The molecule has 6 nitrogen and oxygen atoms in total. The van der Waals surface area contributed by atoms with Crippen LogP contribution in [-0.4, -0.2) is 30.4 Å². The molecular weight excluding hydrogens is 388 g/mol. The Kier molecular flexibility index (Phi) is 6.70. The molecule has 0 bridgehead atoms. The Morgan fingerprint density at radius 3 is 2.10 bits per heavy atom. The third-order valence-corrected chi connectivity index (χ3v) is 5.03. The number of benzene rings is 2. The maximum atomic E-state index is 12.5. The Hall–Kier alpha value is -3.67. The summed E-state index contributed by atoms with van der Waals surface area (Å²) in [4.78, 5) is 31.1. The van der Waals surface area contributed by atoms with E-state index in [9.17, 15) is 9.59 Å². The fraction of sp³-hybridized carbons (Fsp3) is 0.240. The highest BCUT2D eigenvalue weighted by Gasteiger charge is 2.13. The maximum Gasteiger partial charge on any atom is 0.257 e. The van der Waals surface area contributed by atoms with Crippen LogP contribution in [-0.2, 0) is 4.79 Å². The number of hydrogen-bond acceptors (Lipinski definition) is 4. The minimum atomic E-state index is -0.228. The van der Waals surface area contributed by atoms with Gasteiger partial charge in [-0.25, -0.2) is 4.98 Å². The molecule has 6 heteroatoms. The Labute approximate surface area is 183 Å². The maximum absolute atomic E-state index is 12.5. The van der Waals surface area contributed by atoms with Gasteiger partial charge in [0, 0.05) is 24.6 Å². The topological polar surface area (TPSA) is 74.3 Å². The number of aromatic nitrogens is 1. The summed E-state index contributed by atoms with van der Waals surface area (Å²) < 4.78 is 0. The molecule has 0 aliphatic carbocycles. The number of pyridine rings is 1. The largest absolute Gasteiger partial charge is 0.350 e. The predicted octanol–water partition coefficient (Wildman–Crippen LogP) is 4.64. The van der Waals surface area contributed by atoms with Crippen molar-refractivity contribution in [3.05, 3.63) is 82.5 Å². The molecule has 160 valence electrons. The first kappa shape index (κ1) is 22.0. The van der Waals surface area contributed by atoms with E-state index in [2.05, 4.69) is 15.6 Å². The van der Waals surface area contributed by atoms with Crippen LogP contribution in [0, 0.1) is 27.7 Å². The molecule has 2 aromatic carbocycles. The number of hydrogen-bond donors (Lipinski definition) is 2. The van der Waals surface area contributed by atoms with Gasteiger partial charge in [0.2, 0.25) is 5.91 Å². The Morgan fingerprint density at radius 2 is 1.52 bits per heavy atom. The molecule has 0 unspecified atom stereocenters. The number of carbonyl (C=O) groups excluding carboxylic acids is 2. The van der Waals surface area contributed by atoms with Crippen molar-refractivity contribution in [1.82, 2.24) is 4.98 Å². The number of carbonyl (C=O) groups is 2. The average Bonchev–Trinajstić information content (AvgIpc) is 2.72. The number of aryl methyl sites for hydroxylation is 4. The number of anilines is 3. The number of likely N-dealkylation sites (N-methyl/N-ethyl adjacent to an activating group) is 1. The lowest BCUT2D eigenvalue weighted by Crippen LogP contribution is -2.31. The summed E-state index contributed by atoms with van der Waals surface area (Å²) in [5.74, 6) is 0.258. The highest BCUT2D eigenvalue weighted by molar-refractivity contribution is 6.04.